The van der Waals surface area contributed by atoms with Crippen LogP contribution in [0.15, 0.2) is 178 Å². The largest absolute Gasteiger partial charge is 0.491 e. The topological polar surface area (TPSA) is 452 Å². The highest BCUT2D eigenvalue weighted by molar-refractivity contribution is 6.31. The Morgan fingerprint density at radius 2 is 0.865 bits per heavy atom. The molecule has 0 spiro atoms. The number of carbonyl (C=O) groups is 1. The van der Waals surface area contributed by atoms with Crippen molar-refractivity contribution in [2.45, 2.75) is 247 Å². The van der Waals surface area contributed by atoms with Crippen LogP contribution in [0, 0.1) is 59.0 Å². The predicted molar refractivity (Wildman–Crippen MR) is 544 cm³/mol. The summed E-state index contributed by atoms with van der Waals surface area (Å²) in [6.07, 6.45) is 11.2. The van der Waals surface area contributed by atoms with Gasteiger partial charge in [-0.2, -0.15) is 0 Å². The number of nitrogens with one attached hydrogen (secondary N) is 3. The van der Waals surface area contributed by atoms with E-state index in [9.17, 15) is 69.0 Å². The number of halogens is 5. The van der Waals surface area contributed by atoms with Crippen molar-refractivity contribution in [3.05, 3.63) is 278 Å². The Kier molecular flexibility index (Phi) is 28.7. The van der Waals surface area contributed by atoms with Gasteiger partial charge in [0.25, 0.3) is 5.91 Å². The first-order valence-electron chi connectivity index (χ1n) is 49.9. The Labute approximate surface area is 857 Å². The number of carbonyl (C=O) groups excluding carboxylic acids is 1. The number of aliphatic hydroxyl groups excluding tert-OH is 10. The van der Waals surface area contributed by atoms with Gasteiger partial charge in [-0.1, -0.05) is 41.4 Å². The second-order valence-corrected chi connectivity index (χ2v) is 40.4. The molecule has 39 heteroatoms. The molecule has 14 heterocycles. The summed E-state index contributed by atoms with van der Waals surface area (Å²) in [5.74, 6) is 2.43. The van der Waals surface area contributed by atoms with Gasteiger partial charge in [0.15, 0.2) is 11.6 Å². The number of hydrogen-bond donors (Lipinski definition) is 13. The average molecular weight is 2060 g/mol. The van der Waals surface area contributed by atoms with Gasteiger partial charge in [-0.3, -0.25) is 9.78 Å². The number of aromatic nitrogens is 14. The average Bonchev–Trinajstić information content (AvgIpc) is 1.62. The molecular weight excluding hydrogens is 1950 g/mol. The summed E-state index contributed by atoms with van der Waals surface area (Å²) >= 11 is 12.5. The van der Waals surface area contributed by atoms with E-state index in [0.717, 1.165) is 151 Å². The molecule has 148 heavy (non-hydrogen) atoms. The van der Waals surface area contributed by atoms with Crippen LogP contribution in [0.3, 0.4) is 0 Å². The molecule has 6 aliphatic carbocycles. The number of aryl methyl sites for hydroxylation is 6. The van der Waals surface area contributed by atoms with Gasteiger partial charge in [-0.05, 0) is 217 Å². The number of aliphatic hydroxyl groups is 10. The van der Waals surface area contributed by atoms with Crippen LogP contribution in [0.2, 0.25) is 10.0 Å². The Morgan fingerprint density at radius 3 is 1.43 bits per heavy atom. The van der Waals surface area contributed by atoms with Crippen LogP contribution in [0.1, 0.15) is 153 Å². The van der Waals surface area contributed by atoms with Crippen LogP contribution in [0.25, 0.3) is 65.9 Å². The predicted octanol–water partition coefficient (Wildman–Crippen LogP) is 12.4. The normalized spacial score (nSPS) is 25.9. The van der Waals surface area contributed by atoms with Crippen LogP contribution in [-0.2, 0) is 38.8 Å². The van der Waals surface area contributed by atoms with E-state index in [1.165, 1.54) is 37.3 Å². The third-order valence-electron chi connectivity index (χ3n) is 30.4. The quantitative estimate of drug-likeness (QED) is 0.0453. The van der Waals surface area contributed by atoms with Gasteiger partial charge in [-0.25, -0.2) is 53.0 Å². The number of pyridine rings is 3. The molecule has 772 valence electrons. The smallest absolute Gasteiger partial charge is 0.258 e. The molecule has 25 rings (SSSR count). The Balaban J connectivity index is 0.000000108. The Morgan fingerprint density at radius 1 is 0.399 bits per heavy atom. The third-order valence-corrected chi connectivity index (χ3v) is 30.8. The van der Waals surface area contributed by atoms with E-state index >= 15 is 0 Å². The third kappa shape index (κ3) is 19.4. The maximum Gasteiger partial charge on any atom is 0.258 e. The summed E-state index contributed by atoms with van der Waals surface area (Å²) < 4.78 is 88.4. The number of ether oxygens (including phenoxy) is 6. The van der Waals surface area contributed by atoms with Crippen molar-refractivity contribution >= 4 is 95.0 Å². The minimum absolute atomic E-state index is 0.189. The minimum atomic E-state index is -1.13. The van der Waals surface area contributed by atoms with Gasteiger partial charge >= 0.3 is 0 Å². The van der Waals surface area contributed by atoms with Crippen molar-refractivity contribution < 1.29 is 97.5 Å². The van der Waals surface area contributed by atoms with Crippen molar-refractivity contribution in [2.24, 2.45) is 0 Å². The zero-order chi connectivity index (χ0) is 103. The number of benzene rings is 5. The zero-order valence-electron chi connectivity index (χ0n) is 81.8. The summed E-state index contributed by atoms with van der Waals surface area (Å²) in [5, 5.41) is 123. The van der Waals surface area contributed by atoms with E-state index in [-0.39, 0.29) is 29.2 Å². The molecule has 13 N–H and O–H groups in total. The standard InChI is InChI=1S/C22H23ClFN3O3.C22H24FN3O3.C22H22N4O3.C22H23N3O5.C21H22ClFN4O3/c1-11-2-5-26-22-19(11)15(24)10-27(22)16-8-18(21(29)20(16)28)30-17-7-13(23)6-12-3-4-25-9-14(12)17;1-12-13-8-9-26(22(13)25-11-24-12)17-10-19(21(28)20(17)27)29-18-7-6-16(23)14-4-2-3-5-15(14)18;1-12-8-14-4-3-5-18(16(14)10-23-12)29-19-9-17(20(27)21(19)28)26-7-6-15-13(2)24-11-25-22(15)26;1-12-5-7-23-21-13(12)6-9-25(21)14-11-17(20(27)19(14)26)30-16-4-2-3-15-18(16)22(28)24-8-10-29-15;1-10-25-8-14-15(23)9-27(21(14)26-10)16-6-18(20(29)19(16)28)30-17-5-12(22)4-11-2-3-24-7-13(11)17/h2,5-7,10,16,18,20-21,25,28-29H,3-4,8-9H2,1H3;6-9,11,17,19-21,27-28H,2-5,10H2,1H3;3-8,10-11,17,19-21,27-28H,9H2,1-2H3;2-7,9,14,17,19-20,26-27H,8,10-11H2,1H3,(H,24,28);4-5,8-9,16,18-20,24,28-29H,2-3,6-7H2,1H3/t16-,18+,20+,21-;2*17-,19+,20+,21-;14-,17+,19+,20-;16-,18+,19+,20-/m11111/s1. The lowest BCUT2D eigenvalue weighted by Gasteiger charge is -2.24. The molecule has 5 aromatic carbocycles. The summed E-state index contributed by atoms with van der Waals surface area (Å²) in [7, 11) is 0. The molecule has 11 aromatic heterocycles. The van der Waals surface area contributed by atoms with Crippen molar-refractivity contribution in [1.29, 1.82) is 0 Å². The van der Waals surface area contributed by atoms with Gasteiger partial charge in [0.05, 0.1) is 58.9 Å². The highest BCUT2D eigenvalue weighted by Crippen LogP contribution is 2.47. The van der Waals surface area contributed by atoms with E-state index in [0.29, 0.717) is 137 Å². The zero-order valence-corrected chi connectivity index (χ0v) is 83.3. The number of amides is 1. The molecule has 0 unspecified atom stereocenters. The van der Waals surface area contributed by atoms with Crippen LogP contribution < -0.4 is 44.4 Å². The second kappa shape index (κ2) is 42.1. The van der Waals surface area contributed by atoms with Crippen LogP contribution in [0.5, 0.6) is 34.5 Å². The fraction of sp³-hybridized carbons (Fsp3) is 0.394. The van der Waals surface area contributed by atoms with E-state index in [4.69, 9.17) is 51.6 Å². The lowest BCUT2D eigenvalue weighted by Crippen LogP contribution is -2.34. The number of fused-ring (bicyclic) bond motifs is 10. The fourth-order valence-corrected chi connectivity index (χ4v) is 23.0. The lowest BCUT2D eigenvalue weighted by atomic mass is 9.90. The molecule has 5 saturated carbocycles. The number of rotatable bonds is 15. The van der Waals surface area contributed by atoms with E-state index in [1.807, 2.05) is 128 Å². The summed E-state index contributed by atoms with van der Waals surface area (Å²) in [5.41, 5.74) is 13.8. The van der Waals surface area contributed by atoms with Crippen LogP contribution in [0.4, 0.5) is 13.2 Å². The van der Waals surface area contributed by atoms with Crippen LogP contribution in [-0.4, -0.2) is 242 Å². The number of hydrogen-bond acceptors (Lipinski definition) is 28. The molecule has 1 amide bonds. The molecular formula is C109H114Cl2F3N17O17. The first-order valence-corrected chi connectivity index (χ1v) is 50.7. The van der Waals surface area contributed by atoms with Crippen molar-refractivity contribution in [2.75, 3.05) is 26.2 Å². The van der Waals surface area contributed by atoms with Gasteiger partial charge in [0.2, 0.25) is 0 Å². The van der Waals surface area contributed by atoms with E-state index in [2.05, 4.69) is 60.8 Å². The van der Waals surface area contributed by atoms with E-state index in [1.54, 1.807) is 77.1 Å². The molecule has 5 fully saturated rings. The molecule has 0 saturated heterocycles. The molecule has 0 radical (unpaired) electrons. The Hall–Kier alpha value is -13.1. The lowest BCUT2D eigenvalue weighted by molar-refractivity contribution is -0.0167. The van der Waals surface area contributed by atoms with E-state index < -0.39 is 121 Å². The summed E-state index contributed by atoms with van der Waals surface area (Å²) in [4.78, 5) is 51.1. The molecule has 20 atom stereocenters. The van der Waals surface area contributed by atoms with Crippen molar-refractivity contribution in [3.8, 4) is 34.5 Å². The fourth-order valence-electron chi connectivity index (χ4n) is 22.6. The highest BCUT2D eigenvalue weighted by atomic mass is 35.5. The summed E-state index contributed by atoms with van der Waals surface area (Å²) in [6, 6.07) is 30.7. The SMILES string of the molecule is Cc1cc2cccc(O[C@H]3C[C@@H](n4ccc5c(C)ncnc54)[C@H](O)[C@@H]3O)c2cn1.Cc1ccnc2c1c(F)cn2[C@@H]1C[C@H](Oc2cc(Cl)cc3c2CNCC3)[C@@H](O)[C@H]1O.Cc1ccnc2c1ccn2[C@@H]1C[C@H](Oc2cccc3c2C(=O)NCCO3)[C@@H](O)[C@H]1O.Cc1ncc2c(F)cn([C@@H]3C[C@H](Oc4cc(Cl)cc5c4CNCC5)[C@@H](O)[C@H]3O)c2n1.Cc1ncnc2c1ccn2[C@@H]1C[C@H](Oc2ccc(F)c3c2CCCC3)[C@@H](O)[C@H]1O. The van der Waals surface area contributed by atoms with Gasteiger partial charge in [-0.15, -0.1) is 0 Å². The van der Waals surface area contributed by atoms with Gasteiger partial charge < -0.3 is 118 Å². The first-order chi connectivity index (χ1) is 71.5. The summed E-state index contributed by atoms with van der Waals surface area (Å²) in [6.45, 7) is 15.2. The second-order valence-electron chi connectivity index (χ2n) is 39.6. The first kappa shape index (κ1) is 101. The number of nitrogens with zero attached hydrogens (tertiary/aromatic N) is 14. The minimum Gasteiger partial charge on any atom is -0.491 e. The molecule has 9 aliphatic rings. The monoisotopic (exact) mass is 2060 g/mol. The molecule has 3 aliphatic heterocycles. The Bertz CT molecular complexity index is 7590. The maximum atomic E-state index is 14.6. The molecule has 0 bridgehead atoms. The van der Waals surface area contributed by atoms with Gasteiger partial charge in [0, 0.05) is 155 Å². The molecule has 34 nitrogen and oxygen atoms in total. The highest BCUT2D eigenvalue weighted by Gasteiger charge is 2.51. The van der Waals surface area contributed by atoms with Gasteiger partial charge in [0.1, 0.15) is 191 Å². The van der Waals surface area contributed by atoms with Crippen LogP contribution >= 0.6 is 23.2 Å². The van der Waals surface area contributed by atoms with Crippen molar-refractivity contribution in [3.63, 3.8) is 0 Å². The maximum absolute atomic E-state index is 14.6. The van der Waals surface area contributed by atoms with Crippen molar-refractivity contribution in [1.82, 2.24) is 83.6 Å². The molecule has 16 aromatic rings.